The lowest BCUT2D eigenvalue weighted by atomic mass is 9.84. The molecule has 2 atom stereocenters. The van der Waals surface area contributed by atoms with Crippen molar-refractivity contribution < 1.29 is 23.7 Å². The normalized spacial score (nSPS) is 17.2. The van der Waals surface area contributed by atoms with Gasteiger partial charge in [0.05, 0.1) is 39.9 Å². The fraction of sp³-hybridized carbons (Fsp3) is 0.250. The van der Waals surface area contributed by atoms with Gasteiger partial charge >= 0.3 is 0 Å². The summed E-state index contributed by atoms with van der Waals surface area (Å²) >= 11 is 0. The SMILES string of the molecule is COc1cc(OC)c([C@@H]2Oc3ccc(OC)cc3[C@H]2c2ccccc2)c(OC)c1. The topological polar surface area (TPSA) is 46.2 Å². The predicted octanol–water partition coefficient (Wildman–Crippen LogP) is 4.99. The van der Waals surface area contributed by atoms with Gasteiger partial charge in [0, 0.05) is 17.7 Å². The summed E-state index contributed by atoms with van der Waals surface area (Å²) in [6, 6.07) is 19.9. The first-order valence-electron chi connectivity index (χ1n) is 9.39. The van der Waals surface area contributed by atoms with Gasteiger partial charge in [-0.05, 0) is 23.8 Å². The van der Waals surface area contributed by atoms with Crippen molar-refractivity contribution in [3.8, 4) is 28.7 Å². The molecule has 0 aliphatic carbocycles. The van der Waals surface area contributed by atoms with Crippen molar-refractivity contribution in [2.45, 2.75) is 12.0 Å². The molecular formula is C24H24O5. The molecular weight excluding hydrogens is 368 g/mol. The molecule has 0 bridgehead atoms. The molecule has 0 saturated heterocycles. The zero-order valence-electron chi connectivity index (χ0n) is 17.0. The molecule has 1 aliphatic heterocycles. The number of methoxy groups -OCH3 is 4. The van der Waals surface area contributed by atoms with Crippen molar-refractivity contribution in [2.75, 3.05) is 28.4 Å². The number of fused-ring (bicyclic) bond motifs is 1. The maximum absolute atomic E-state index is 6.46. The van der Waals surface area contributed by atoms with Crippen LogP contribution >= 0.6 is 0 Å². The first-order valence-corrected chi connectivity index (χ1v) is 9.39. The number of ether oxygens (including phenoxy) is 5. The number of hydrogen-bond acceptors (Lipinski definition) is 5. The van der Waals surface area contributed by atoms with Crippen LogP contribution in [0.15, 0.2) is 60.7 Å². The minimum Gasteiger partial charge on any atom is -0.497 e. The molecule has 0 saturated carbocycles. The molecule has 0 aromatic heterocycles. The van der Waals surface area contributed by atoms with Crippen molar-refractivity contribution in [2.24, 2.45) is 0 Å². The molecule has 1 aliphatic rings. The van der Waals surface area contributed by atoms with Crippen LogP contribution in [0.3, 0.4) is 0 Å². The van der Waals surface area contributed by atoms with Crippen LogP contribution in [0.4, 0.5) is 0 Å². The molecule has 5 nitrogen and oxygen atoms in total. The van der Waals surface area contributed by atoms with E-state index in [0.717, 1.165) is 28.2 Å². The summed E-state index contributed by atoms with van der Waals surface area (Å²) in [5.74, 6) is 3.55. The molecule has 29 heavy (non-hydrogen) atoms. The Morgan fingerprint density at radius 2 is 1.34 bits per heavy atom. The van der Waals surface area contributed by atoms with E-state index in [-0.39, 0.29) is 12.0 Å². The molecule has 1 heterocycles. The van der Waals surface area contributed by atoms with Gasteiger partial charge in [-0.2, -0.15) is 0 Å². The predicted molar refractivity (Wildman–Crippen MR) is 111 cm³/mol. The molecule has 3 aromatic rings. The van der Waals surface area contributed by atoms with Crippen LogP contribution in [0.25, 0.3) is 0 Å². The second kappa shape index (κ2) is 7.95. The number of rotatable bonds is 6. The van der Waals surface area contributed by atoms with E-state index in [4.69, 9.17) is 23.7 Å². The molecule has 0 amide bonds. The second-order valence-electron chi connectivity index (χ2n) is 6.78. The van der Waals surface area contributed by atoms with Crippen LogP contribution in [0.1, 0.15) is 28.7 Å². The Kier molecular flexibility index (Phi) is 5.21. The molecule has 0 spiro atoms. The van der Waals surface area contributed by atoms with Crippen LogP contribution in [-0.2, 0) is 0 Å². The highest BCUT2D eigenvalue weighted by molar-refractivity contribution is 5.58. The number of benzene rings is 3. The molecule has 0 fully saturated rings. The van der Waals surface area contributed by atoms with Gasteiger partial charge in [0.1, 0.15) is 34.9 Å². The average molecular weight is 392 g/mol. The Morgan fingerprint density at radius 1 is 0.690 bits per heavy atom. The van der Waals surface area contributed by atoms with E-state index in [2.05, 4.69) is 12.1 Å². The van der Waals surface area contributed by atoms with E-state index in [9.17, 15) is 0 Å². The Morgan fingerprint density at radius 3 is 1.93 bits per heavy atom. The zero-order valence-corrected chi connectivity index (χ0v) is 17.0. The summed E-state index contributed by atoms with van der Waals surface area (Å²) in [4.78, 5) is 0. The van der Waals surface area contributed by atoms with Gasteiger partial charge in [-0.25, -0.2) is 0 Å². The highest BCUT2D eigenvalue weighted by Crippen LogP contribution is 2.54. The summed E-state index contributed by atoms with van der Waals surface area (Å²) in [5, 5.41) is 0. The van der Waals surface area contributed by atoms with Crippen LogP contribution in [0.5, 0.6) is 28.7 Å². The van der Waals surface area contributed by atoms with E-state index >= 15 is 0 Å². The average Bonchev–Trinajstić information content (AvgIpc) is 3.16. The molecule has 150 valence electrons. The number of hydrogen-bond donors (Lipinski definition) is 0. The lowest BCUT2D eigenvalue weighted by Crippen LogP contribution is -2.14. The van der Waals surface area contributed by atoms with Crippen molar-refractivity contribution in [3.63, 3.8) is 0 Å². The molecule has 0 radical (unpaired) electrons. The Bertz CT molecular complexity index is 974. The molecule has 5 heteroatoms. The highest BCUT2D eigenvalue weighted by atomic mass is 16.5. The van der Waals surface area contributed by atoms with E-state index in [1.165, 1.54) is 0 Å². The maximum Gasteiger partial charge on any atom is 0.142 e. The van der Waals surface area contributed by atoms with Crippen LogP contribution < -0.4 is 23.7 Å². The van der Waals surface area contributed by atoms with E-state index in [1.807, 2.05) is 48.5 Å². The largest absolute Gasteiger partial charge is 0.497 e. The van der Waals surface area contributed by atoms with Crippen LogP contribution in [-0.4, -0.2) is 28.4 Å². The molecule has 0 unspecified atom stereocenters. The van der Waals surface area contributed by atoms with Crippen molar-refractivity contribution in [1.29, 1.82) is 0 Å². The minimum absolute atomic E-state index is 0.0440. The van der Waals surface area contributed by atoms with Gasteiger partial charge in [0.25, 0.3) is 0 Å². The van der Waals surface area contributed by atoms with Gasteiger partial charge in [-0.3, -0.25) is 0 Å². The standard InChI is InChI=1S/C24H24O5/c1-25-16-10-11-19-18(12-16)22(15-8-6-5-7-9-15)24(29-19)23-20(27-3)13-17(26-2)14-21(23)28-4/h5-14,22,24H,1-4H3/t22-,24-/m1/s1. The fourth-order valence-corrected chi connectivity index (χ4v) is 3.93. The van der Waals surface area contributed by atoms with Crippen LogP contribution in [0, 0.1) is 0 Å². The van der Waals surface area contributed by atoms with E-state index in [1.54, 1.807) is 28.4 Å². The molecule has 3 aromatic carbocycles. The Hall–Kier alpha value is -3.34. The van der Waals surface area contributed by atoms with E-state index < -0.39 is 0 Å². The van der Waals surface area contributed by atoms with Crippen LogP contribution in [0.2, 0.25) is 0 Å². The monoisotopic (exact) mass is 392 g/mol. The third-order valence-electron chi connectivity index (χ3n) is 5.31. The van der Waals surface area contributed by atoms with Crippen molar-refractivity contribution in [1.82, 2.24) is 0 Å². The summed E-state index contributed by atoms with van der Waals surface area (Å²) < 4.78 is 28.7. The van der Waals surface area contributed by atoms with Gasteiger partial charge < -0.3 is 23.7 Å². The van der Waals surface area contributed by atoms with Gasteiger partial charge in [0.15, 0.2) is 0 Å². The van der Waals surface area contributed by atoms with Gasteiger partial charge in [-0.15, -0.1) is 0 Å². The summed E-state index contributed by atoms with van der Waals surface area (Å²) in [6.07, 6.45) is -0.324. The van der Waals surface area contributed by atoms with Gasteiger partial charge in [0.2, 0.25) is 0 Å². The van der Waals surface area contributed by atoms with Crippen molar-refractivity contribution in [3.05, 3.63) is 77.4 Å². The summed E-state index contributed by atoms with van der Waals surface area (Å²) in [6.45, 7) is 0. The molecule has 4 rings (SSSR count). The quantitative estimate of drug-likeness (QED) is 0.592. The first kappa shape index (κ1) is 19.0. The smallest absolute Gasteiger partial charge is 0.142 e. The minimum atomic E-state index is -0.324. The Labute approximate surface area is 170 Å². The third-order valence-corrected chi connectivity index (χ3v) is 5.31. The fourth-order valence-electron chi connectivity index (χ4n) is 3.93. The highest BCUT2D eigenvalue weighted by Gasteiger charge is 2.40. The lowest BCUT2D eigenvalue weighted by molar-refractivity contribution is 0.209. The lowest BCUT2D eigenvalue weighted by Gasteiger charge is -2.24. The summed E-state index contributed by atoms with van der Waals surface area (Å²) in [5.41, 5.74) is 3.06. The van der Waals surface area contributed by atoms with E-state index in [0.29, 0.717) is 17.2 Å². The maximum atomic E-state index is 6.46. The third kappa shape index (κ3) is 3.33. The van der Waals surface area contributed by atoms with Crippen molar-refractivity contribution >= 4 is 0 Å². The van der Waals surface area contributed by atoms with Gasteiger partial charge in [-0.1, -0.05) is 30.3 Å². The Balaban J connectivity index is 1.92. The molecule has 0 N–H and O–H groups in total. The first-order chi connectivity index (χ1) is 14.2. The zero-order chi connectivity index (χ0) is 20.4. The second-order valence-corrected chi connectivity index (χ2v) is 6.78. The summed E-state index contributed by atoms with van der Waals surface area (Å²) in [7, 11) is 6.57.